The lowest BCUT2D eigenvalue weighted by atomic mass is 9.83. The van der Waals surface area contributed by atoms with Crippen LogP contribution < -0.4 is 10.5 Å². The molecule has 1 aliphatic rings. The number of nitrogens with one attached hydrogen (secondary N) is 1. The quantitative estimate of drug-likeness (QED) is 0.882. The van der Waals surface area contributed by atoms with Gasteiger partial charge in [-0.15, -0.1) is 0 Å². The number of benzene rings is 2. The number of hydrogen-bond acceptors (Lipinski definition) is 4. The molecule has 2 aromatic carbocycles. The zero-order valence-corrected chi connectivity index (χ0v) is 12.9. The van der Waals surface area contributed by atoms with Crippen molar-refractivity contribution < 1.29 is 9.90 Å². The highest BCUT2D eigenvalue weighted by atomic mass is 16.4. The summed E-state index contributed by atoms with van der Waals surface area (Å²) in [6.45, 7) is 0. The van der Waals surface area contributed by atoms with E-state index in [4.69, 9.17) is 0 Å². The minimum absolute atomic E-state index is 0.173. The fraction of sp³-hybridized carbons (Fsp3) is 0.263. The monoisotopic (exact) mass is 307 g/mol. The molecule has 0 bridgehead atoms. The highest BCUT2D eigenvalue weighted by Crippen LogP contribution is 2.31. The molecular weight excluding hydrogens is 288 g/mol. The number of carboxylic acid groups (broad SMARTS) is 1. The van der Waals surface area contributed by atoms with E-state index in [2.05, 4.69) is 40.9 Å². The van der Waals surface area contributed by atoms with E-state index < -0.39 is 5.97 Å². The largest absolute Gasteiger partial charge is 0.545 e. The van der Waals surface area contributed by atoms with Crippen LogP contribution in [0.1, 0.15) is 47.5 Å². The molecule has 1 fully saturated rings. The van der Waals surface area contributed by atoms with Crippen LogP contribution in [0.15, 0.2) is 59.7 Å². The molecule has 0 aliphatic heterocycles. The lowest BCUT2D eigenvalue weighted by Crippen LogP contribution is -2.21. The molecule has 4 nitrogen and oxygen atoms in total. The number of rotatable bonds is 4. The lowest BCUT2D eigenvalue weighted by Gasteiger charge is -2.23. The fourth-order valence-electron chi connectivity index (χ4n) is 2.95. The summed E-state index contributed by atoms with van der Waals surface area (Å²) in [7, 11) is 0. The first-order chi connectivity index (χ1) is 11.2. The summed E-state index contributed by atoms with van der Waals surface area (Å²) < 4.78 is 0. The van der Waals surface area contributed by atoms with Gasteiger partial charge in [0, 0.05) is 5.71 Å². The Morgan fingerprint density at radius 3 is 2.26 bits per heavy atom. The first-order valence-electron chi connectivity index (χ1n) is 7.90. The smallest absolute Gasteiger partial charge is 0.0715 e. The second-order valence-corrected chi connectivity index (χ2v) is 5.84. The molecule has 2 aromatic rings. The van der Waals surface area contributed by atoms with E-state index >= 15 is 0 Å². The summed E-state index contributed by atoms with van der Waals surface area (Å²) in [5.41, 5.74) is 6.55. The Morgan fingerprint density at radius 2 is 1.65 bits per heavy atom. The zero-order valence-electron chi connectivity index (χ0n) is 12.9. The molecule has 3 rings (SSSR count). The molecule has 0 amide bonds. The maximum absolute atomic E-state index is 10.7. The van der Waals surface area contributed by atoms with Crippen molar-refractivity contribution in [3.63, 3.8) is 0 Å². The maximum atomic E-state index is 10.7. The summed E-state index contributed by atoms with van der Waals surface area (Å²) in [6.07, 6.45) is 4.22. The van der Waals surface area contributed by atoms with Crippen molar-refractivity contribution in [2.45, 2.75) is 31.6 Å². The van der Waals surface area contributed by atoms with Crippen LogP contribution >= 0.6 is 0 Å². The molecule has 0 aromatic heterocycles. The van der Waals surface area contributed by atoms with E-state index in [1.807, 2.05) is 0 Å². The summed E-state index contributed by atoms with van der Waals surface area (Å²) in [6, 6.07) is 17.1. The van der Waals surface area contributed by atoms with Crippen LogP contribution in [0.2, 0.25) is 0 Å². The molecule has 1 saturated carbocycles. The van der Waals surface area contributed by atoms with Crippen molar-refractivity contribution in [1.29, 1.82) is 0 Å². The van der Waals surface area contributed by atoms with Crippen LogP contribution in [0.5, 0.6) is 0 Å². The molecule has 4 heteroatoms. The van der Waals surface area contributed by atoms with Crippen LogP contribution in [0.3, 0.4) is 0 Å². The van der Waals surface area contributed by atoms with Gasteiger partial charge in [0.05, 0.1) is 11.7 Å². The van der Waals surface area contributed by atoms with Gasteiger partial charge in [-0.1, -0.05) is 42.5 Å². The van der Waals surface area contributed by atoms with Crippen molar-refractivity contribution in [2.24, 2.45) is 5.10 Å². The number of nitrogens with zero attached hydrogens (tertiary/aromatic N) is 1. The van der Waals surface area contributed by atoms with E-state index in [0.29, 0.717) is 5.92 Å². The number of aromatic carboxylic acids is 1. The second kappa shape index (κ2) is 7.09. The average Bonchev–Trinajstić information content (AvgIpc) is 2.61. The number of hydrazone groups is 1. The molecule has 1 aliphatic carbocycles. The van der Waals surface area contributed by atoms with E-state index in [-0.39, 0.29) is 5.56 Å². The molecule has 23 heavy (non-hydrogen) atoms. The maximum Gasteiger partial charge on any atom is 0.0715 e. The fourth-order valence-corrected chi connectivity index (χ4v) is 2.95. The molecule has 0 spiro atoms. The number of carbonyl (C=O) groups is 1. The minimum atomic E-state index is -1.16. The third-order valence-corrected chi connectivity index (χ3v) is 4.30. The third-order valence-electron chi connectivity index (χ3n) is 4.30. The van der Waals surface area contributed by atoms with E-state index in [9.17, 15) is 9.90 Å². The molecule has 0 unspecified atom stereocenters. The highest BCUT2D eigenvalue weighted by Gasteiger charge is 2.18. The normalized spacial score (nSPS) is 17.6. The van der Waals surface area contributed by atoms with Gasteiger partial charge in [0.2, 0.25) is 0 Å². The summed E-state index contributed by atoms with van der Waals surface area (Å²) in [4.78, 5) is 10.7. The van der Waals surface area contributed by atoms with Gasteiger partial charge in [-0.25, -0.2) is 0 Å². The van der Waals surface area contributed by atoms with Gasteiger partial charge in [-0.05, 0) is 54.9 Å². The number of hydrogen-bond donors (Lipinski definition) is 1. The van der Waals surface area contributed by atoms with Gasteiger partial charge < -0.3 is 9.90 Å². The number of anilines is 1. The molecular formula is C19H19N2O2-. The van der Waals surface area contributed by atoms with Gasteiger partial charge >= 0.3 is 0 Å². The van der Waals surface area contributed by atoms with Crippen molar-refractivity contribution >= 4 is 17.4 Å². The van der Waals surface area contributed by atoms with Crippen LogP contribution in [-0.4, -0.2) is 11.7 Å². The Morgan fingerprint density at radius 1 is 1.00 bits per heavy atom. The minimum Gasteiger partial charge on any atom is -0.545 e. The summed E-state index contributed by atoms with van der Waals surface area (Å²) in [5.74, 6) is -0.542. The Labute approximate surface area is 135 Å². The topological polar surface area (TPSA) is 64.5 Å². The van der Waals surface area contributed by atoms with E-state index in [1.165, 1.54) is 23.4 Å². The molecule has 0 radical (unpaired) electrons. The third kappa shape index (κ3) is 3.97. The Hall–Kier alpha value is -2.62. The summed E-state index contributed by atoms with van der Waals surface area (Å²) in [5, 5.41) is 15.2. The standard InChI is InChI=1S/C19H20N2O2/c22-19(23)16-8-12-18(13-9-16)21-20-17-10-6-15(7-11-17)14-4-2-1-3-5-14/h1-5,8-9,12-13,15,21H,6-7,10-11H2,(H,22,23)/p-1. The first kappa shape index (κ1) is 15.3. The second-order valence-electron chi connectivity index (χ2n) is 5.84. The van der Waals surface area contributed by atoms with Crippen molar-refractivity contribution in [3.05, 3.63) is 65.7 Å². The van der Waals surface area contributed by atoms with Gasteiger partial charge in [0.25, 0.3) is 0 Å². The Bertz CT molecular complexity index is 683. The van der Waals surface area contributed by atoms with Gasteiger partial charge in [0.1, 0.15) is 0 Å². The van der Waals surface area contributed by atoms with E-state index in [0.717, 1.165) is 31.4 Å². The zero-order chi connectivity index (χ0) is 16.1. The molecule has 1 N–H and O–H groups in total. The van der Waals surface area contributed by atoms with E-state index in [1.54, 1.807) is 12.1 Å². The number of carboxylic acids is 1. The molecule has 0 saturated heterocycles. The van der Waals surface area contributed by atoms with Gasteiger partial charge in [0.15, 0.2) is 0 Å². The SMILES string of the molecule is O=C([O-])c1ccc(NN=C2CCC(c3ccccc3)CC2)cc1. The average molecular weight is 307 g/mol. The van der Waals surface area contributed by atoms with Crippen molar-refractivity contribution in [3.8, 4) is 0 Å². The predicted molar refractivity (Wildman–Crippen MR) is 89.5 cm³/mol. The number of carbonyl (C=O) groups excluding carboxylic acids is 1. The lowest BCUT2D eigenvalue weighted by molar-refractivity contribution is -0.255. The summed E-state index contributed by atoms with van der Waals surface area (Å²) >= 11 is 0. The predicted octanol–water partition coefficient (Wildman–Crippen LogP) is 3.18. The highest BCUT2D eigenvalue weighted by molar-refractivity contribution is 5.87. The molecule has 0 heterocycles. The molecule has 118 valence electrons. The van der Waals surface area contributed by atoms with Crippen LogP contribution in [-0.2, 0) is 0 Å². The van der Waals surface area contributed by atoms with Crippen molar-refractivity contribution in [1.82, 2.24) is 0 Å². The Balaban J connectivity index is 1.55. The molecule has 0 atom stereocenters. The van der Waals surface area contributed by atoms with Crippen LogP contribution in [0, 0.1) is 0 Å². The van der Waals surface area contributed by atoms with Crippen LogP contribution in [0.4, 0.5) is 5.69 Å². The van der Waals surface area contributed by atoms with Gasteiger partial charge in [-0.2, -0.15) is 5.10 Å². The van der Waals surface area contributed by atoms with Crippen LogP contribution in [0.25, 0.3) is 0 Å². The van der Waals surface area contributed by atoms with Crippen molar-refractivity contribution in [2.75, 3.05) is 5.43 Å². The first-order valence-corrected chi connectivity index (χ1v) is 7.90. The Kier molecular flexibility index (Phi) is 4.71. The van der Waals surface area contributed by atoms with Gasteiger partial charge in [-0.3, -0.25) is 5.43 Å².